The predicted octanol–water partition coefficient (Wildman–Crippen LogP) is 4.87. The van der Waals surface area contributed by atoms with Crippen molar-refractivity contribution in [3.05, 3.63) is 145 Å². The molecule has 0 aromatic carbocycles. The van der Waals surface area contributed by atoms with Gasteiger partial charge in [-0.05, 0) is 72.8 Å². The number of amides is 4. The third-order valence-corrected chi connectivity index (χ3v) is 7.80. The SMILES string of the molecule is O=C(ON1C(=O)CCC1=O)c1ccnc(-c2cc(C(=O)ON3C(=O)CCC3=O)ccn2)c1.[Ru].c1ccc(-c2ccccn2)nc1.c1ccc(-c2ccccn2)nc1. The smallest absolute Gasteiger partial charge is 0.325 e. The molecule has 57 heavy (non-hydrogen) atoms. The summed E-state index contributed by atoms with van der Waals surface area (Å²) in [4.78, 5) is 106. The van der Waals surface area contributed by atoms with Crippen LogP contribution in [0.25, 0.3) is 34.2 Å². The number of hydrogen-bond donors (Lipinski definition) is 0. The molecule has 0 saturated carbocycles. The van der Waals surface area contributed by atoms with E-state index in [-0.39, 0.29) is 67.7 Å². The van der Waals surface area contributed by atoms with Crippen molar-refractivity contribution in [2.24, 2.45) is 0 Å². The third-order valence-electron chi connectivity index (χ3n) is 7.80. The van der Waals surface area contributed by atoms with Crippen molar-refractivity contribution in [3.63, 3.8) is 0 Å². The van der Waals surface area contributed by atoms with E-state index < -0.39 is 35.6 Å². The minimum atomic E-state index is -0.945. The van der Waals surface area contributed by atoms with Crippen LogP contribution in [0.5, 0.6) is 0 Å². The van der Waals surface area contributed by atoms with Gasteiger partial charge in [0.2, 0.25) is 0 Å². The quantitative estimate of drug-likeness (QED) is 0.155. The normalized spacial score (nSPS) is 13.1. The average Bonchev–Trinajstić information content (AvgIpc) is 3.75. The maximum absolute atomic E-state index is 12.3. The van der Waals surface area contributed by atoms with Gasteiger partial charge in [0.15, 0.2) is 0 Å². The first-order valence-corrected chi connectivity index (χ1v) is 17.0. The van der Waals surface area contributed by atoms with Crippen LogP contribution < -0.4 is 0 Å². The van der Waals surface area contributed by atoms with Gasteiger partial charge in [0.05, 0.1) is 45.3 Å². The summed E-state index contributed by atoms with van der Waals surface area (Å²) in [7, 11) is 0. The zero-order valence-corrected chi connectivity index (χ0v) is 31.5. The van der Waals surface area contributed by atoms with Crippen LogP contribution in [0.15, 0.2) is 134 Å². The fourth-order valence-corrected chi connectivity index (χ4v) is 5.04. The molecule has 0 bridgehead atoms. The van der Waals surface area contributed by atoms with Gasteiger partial charge in [0.25, 0.3) is 23.6 Å². The molecule has 0 aliphatic carbocycles. The van der Waals surface area contributed by atoms with Gasteiger partial charge in [0, 0.05) is 82.3 Å². The Kier molecular flexibility index (Phi) is 14.3. The van der Waals surface area contributed by atoms with Gasteiger partial charge in [0.1, 0.15) is 0 Å². The monoisotopic (exact) mass is 852 g/mol. The van der Waals surface area contributed by atoms with Crippen molar-refractivity contribution < 1.29 is 57.9 Å². The Bertz CT molecular complexity index is 2080. The van der Waals surface area contributed by atoms with Crippen LogP contribution in [0.1, 0.15) is 46.4 Å². The molecule has 0 radical (unpaired) electrons. The number of rotatable bonds is 7. The fraction of sp³-hybridized carbons (Fsp3) is 0.100. The molecular formula is C40H30N8O8Ru. The molecule has 6 aromatic heterocycles. The Morgan fingerprint density at radius 3 is 0.947 bits per heavy atom. The maximum atomic E-state index is 12.3. The van der Waals surface area contributed by atoms with Crippen LogP contribution in [0.2, 0.25) is 0 Å². The molecule has 0 spiro atoms. The first kappa shape index (κ1) is 40.9. The van der Waals surface area contributed by atoms with Crippen LogP contribution in [0.4, 0.5) is 0 Å². The van der Waals surface area contributed by atoms with Crippen LogP contribution >= 0.6 is 0 Å². The number of imide groups is 2. The molecule has 0 atom stereocenters. The van der Waals surface area contributed by atoms with Crippen LogP contribution in [-0.4, -0.2) is 75.6 Å². The Morgan fingerprint density at radius 1 is 0.404 bits per heavy atom. The topological polar surface area (TPSA) is 205 Å². The zero-order valence-electron chi connectivity index (χ0n) is 29.7. The standard InChI is InChI=1S/C20H14N4O8.2C10H8N2.Ru/c25-15-1-2-16(26)23(15)31-19(29)11-5-7-21-13(9-11)14-10-12(6-8-22-14)20(30)32-24-17(27)3-4-18(24)28;2*1-3-7-11-9(5-1)10-6-2-4-8-12-10;/h5-10H,1-4H2;2*1-8H;. The Labute approximate surface area is 337 Å². The largest absolute Gasteiger partial charge is 0.364 e. The molecule has 2 aliphatic rings. The van der Waals surface area contributed by atoms with E-state index in [9.17, 15) is 28.8 Å². The molecule has 6 aromatic rings. The van der Waals surface area contributed by atoms with Crippen molar-refractivity contribution in [1.82, 2.24) is 40.0 Å². The number of aromatic nitrogens is 6. The van der Waals surface area contributed by atoms with Gasteiger partial charge in [-0.1, -0.05) is 24.3 Å². The summed E-state index contributed by atoms with van der Waals surface area (Å²) in [5.41, 5.74) is 4.01. The van der Waals surface area contributed by atoms with Gasteiger partial charge in [-0.2, -0.15) is 0 Å². The molecule has 17 heteroatoms. The van der Waals surface area contributed by atoms with Gasteiger partial charge in [-0.25, -0.2) is 9.59 Å². The molecule has 2 saturated heterocycles. The third kappa shape index (κ3) is 10.9. The molecule has 2 fully saturated rings. The second-order valence-corrected chi connectivity index (χ2v) is 11.6. The van der Waals surface area contributed by atoms with E-state index in [1.807, 2.05) is 72.8 Å². The van der Waals surface area contributed by atoms with Crippen LogP contribution in [0, 0.1) is 0 Å². The van der Waals surface area contributed by atoms with Crippen LogP contribution in [-0.2, 0) is 48.3 Å². The summed E-state index contributed by atoms with van der Waals surface area (Å²) in [6, 6.07) is 28.4. The molecule has 16 nitrogen and oxygen atoms in total. The van der Waals surface area contributed by atoms with Crippen molar-refractivity contribution in [2.75, 3.05) is 0 Å². The number of nitrogens with zero attached hydrogens (tertiary/aromatic N) is 8. The molecule has 0 N–H and O–H groups in total. The molecule has 0 unspecified atom stereocenters. The minimum absolute atomic E-state index is 0. The van der Waals surface area contributed by atoms with Gasteiger partial charge in [-0.3, -0.25) is 49.1 Å². The first-order valence-electron chi connectivity index (χ1n) is 17.0. The molecule has 4 amide bonds. The fourth-order valence-electron chi connectivity index (χ4n) is 5.04. The summed E-state index contributed by atoms with van der Waals surface area (Å²) in [6.45, 7) is 0. The molecular weight excluding hydrogens is 822 g/mol. The van der Waals surface area contributed by atoms with Gasteiger partial charge in [-0.15, -0.1) is 10.1 Å². The molecule has 2 aliphatic heterocycles. The van der Waals surface area contributed by atoms with Crippen molar-refractivity contribution >= 4 is 35.6 Å². The number of carbonyl (C=O) groups is 6. The van der Waals surface area contributed by atoms with Gasteiger partial charge >= 0.3 is 11.9 Å². The van der Waals surface area contributed by atoms with E-state index in [1.165, 1.54) is 36.7 Å². The summed E-state index contributed by atoms with van der Waals surface area (Å²) in [6.07, 6.45) is 9.51. The van der Waals surface area contributed by atoms with E-state index >= 15 is 0 Å². The zero-order chi connectivity index (χ0) is 39.3. The Morgan fingerprint density at radius 2 is 0.684 bits per heavy atom. The maximum Gasteiger partial charge on any atom is 0.364 e. The molecule has 8 rings (SSSR count). The summed E-state index contributed by atoms with van der Waals surface area (Å²) >= 11 is 0. The van der Waals surface area contributed by atoms with Crippen molar-refractivity contribution in [1.29, 1.82) is 0 Å². The van der Waals surface area contributed by atoms with E-state index in [2.05, 4.69) is 29.9 Å². The van der Waals surface area contributed by atoms with Crippen molar-refractivity contribution in [2.45, 2.75) is 25.7 Å². The number of hydroxylamine groups is 4. The Balaban J connectivity index is 0.000000201. The molecule has 8 heterocycles. The summed E-state index contributed by atoms with van der Waals surface area (Å²) in [5.74, 6) is -4.33. The molecule has 286 valence electrons. The predicted molar refractivity (Wildman–Crippen MR) is 195 cm³/mol. The number of pyridine rings is 6. The van der Waals surface area contributed by atoms with E-state index in [4.69, 9.17) is 9.68 Å². The van der Waals surface area contributed by atoms with Crippen LogP contribution in [0.3, 0.4) is 0 Å². The van der Waals surface area contributed by atoms with E-state index in [1.54, 1.807) is 24.8 Å². The van der Waals surface area contributed by atoms with E-state index in [0.717, 1.165) is 22.8 Å². The second kappa shape index (κ2) is 19.9. The summed E-state index contributed by atoms with van der Waals surface area (Å²) < 4.78 is 0. The van der Waals surface area contributed by atoms with Crippen molar-refractivity contribution in [3.8, 4) is 34.2 Å². The minimum Gasteiger partial charge on any atom is -0.325 e. The first-order chi connectivity index (χ1) is 27.3. The number of carbonyl (C=O) groups excluding carboxylic acids is 6. The Hall–Kier alpha value is -7.26. The van der Waals surface area contributed by atoms with E-state index in [0.29, 0.717) is 10.1 Å². The van der Waals surface area contributed by atoms with Gasteiger partial charge < -0.3 is 9.68 Å². The number of hydrogen-bond acceptors (Lipinski definition) is 14. The second-order valence-electron chi connectivity index (χ2n) is 11.6. The summed E-state index contributed by atoms with van der Waals surface area (Å²) in [5, 5.41) is 0.858. The average molecular weight is 852 g/mol.